The Morgan fingerprint density at radius 2 is 1.32 bits per heavy atom. The van der Waals surface area contributed by atoms with Crippen molar-refractivity contribution in [3.8, 4) is 33.5 Å². The van der Waals surface area contributed by atoms with Crippen molar-refractivity contribution in [1.82, 2.24) is 4.98 Å². The number of aryl methyl sites for hydroxylation is 6. The van der Waals surface area contributed by atoms with Crippen LogP contribution in [0.15, 0.2) is 83.4 Å². The predicted octanol–water partition coefficient (Wildman–Crippen LogP) is 9.83. The third-order valence-electron chi connectivity index (χ3n) is 6.59. The Morgan fingerprint density at radius 3 is 2.11 bits per heavy atom. The van der Waals surface area contributed by atoms with Gasteiger partial charge in [0.1, 0.15) is 11.2 Å². The molecule has 2 aromatic heterocycles. The summed E-state index contributed by atoms with van der Waals surface area (Å²) >= 11 is 0. The van der Waals surface area contributed by atoms with E-state index in [1.165, 1.54) is 30.3 Å². The number of hydrogen-bond acceptors (Lipinski definition) is 2. The van der Waals surface area contributed by atoms with Crippen LogP contribution in [0.25, 0.3) is 55.4 Å². The average Bonchev–Trinajstić information content (AvgIpc) is 3.40. The molecule has 2 nitrogen and oxygen atoms in total. The molecule has 182 valence electrons. The largest absolute Gasteiger partial charge is 0.455 e. The van der Waals surface area contributed by atoms with E-state index in [1.807, 2.05) is 0 Å². The molecule has 0 fully saturated rings. The van der Waals surface area contributed by atoms with Crippen molar-refractivity contribution in [3.05, 3.63) is 112 Å². The lowest BCUT2D eigenvalue weighted by molar-refractivity contribution is 0.669. The quantitative estimate of drug-likeness (QED) is 0.244. The fourth-order valence-corrected chi connectivity index (χ4v) is 4.76. The lowest BCUT2D eigenvalue weighted by atomic mass is 9.88. The van der Waals surface area contributed by atoms with Crippen molar-refractivity contribution in [3.63, 3.8) is 0 Å². The zero-order valence-corrected chi connectivity index (χ0v) is 19.9. The molecule has 0 unspecified atom stereocenters. The number of pyridine rings is 1. The molecule has 37 heavy (non-hydrogen) atoms. The second kappa shape index (κ2) is 8.74. The Bertz CT molecular complexity index is 2360. The molecule has 0 atom stereocenters. The molecule has 0 aliphatic rings. The Labute approximate surface area is 239 Å². The maximum absolute atomic E-state index is 8.50. The van der Waals surface area contributed by atoms with E-state index < -0.39 is 39.8 Å². The minimum absolute atomic E-state index is 0.0125. The lowest BCUT2D eigenvalue weighted by Gasteiger charge is -2.17. The number of fused-ring (bicyclic) bond motifs is 3. The van der Waals surface area contributed by atoms with Gasteiger partial charge in [-0.25, -0.2) is 0 Å². The molecule has 0 bridgehead atoms. The van der Waals surface area contributed by atoms with Gasteiger partial charge in [0, 0.05) is 43.1 Å². The SMILES string of the molecule is [2H]C([2H])([2H])c1ccc2c(c1)oc1c(-c3cc(-c4cc(C([2H])([2H])[2H])c(-c5ccc(C)cc5C([2H])([2H])[2H])cc4C([2H])([2H])[2H])c(C([2H])([2H])[2H])cn3)cccc12. The molecule has 0 spiro atoms. The molecule has 6 rings (SSSR count). The van der Waals surface area contributed by atoms with Crippen molar-refractivity contribution in [2.24, 2.45) is 0 Å². The van der Waals surface area contributed by atoms with Crippen LogP contribution in [0, 0.1) is 41.2 Å². The summed E-state index contributed by atoms with van der Waals surface area (Å²) in [6, 6.07) is 17.7. The molecule has 0 aliphatic heterocycles. The molecule has 6 aromatic rings. The summed E-state index contributed by atoms with van der Waals surface area (Å²) in [4.78, 5) is 4.43. The van der Waals surface area contributed by atoms with Gasteiger partial charge in [-0.2, -0.15) is 0 Å². The molecule has 0 aliphatic carbocycles. The predicted molar refractivity (Wildman–Crippen MR) is 156 cm³/mol. The van der Waals surface area contributed by atoms with Gasteiger partial charge in [-0.3, -0.25) is 4.98 Å². The topological polar surface area (TPSA) is 26.0 Å². The zero-order chi connectivity index (χ0) is 38.3. The zero-order valence-electron chi connectivity index (χ0n) is 34.9. The third-order valence-corrected chi connectivity index (χ3v) is 6.59. The summed E-state index contributed by atoms with van der Waals surface area (Å²) in [5, 5.41) is 1.24. The summed E-state index contributed by atoms with van der Waals surface area (Å²) in [5.74, 6) is 0. The first-order valence-corrected chi connectivity index (χ1v) is 11.6. The van der Waals surface area contributed by atoms with Crippen molar-refractivity contribution < 1.29 is 25.0 Å². The van der Waals surface area contributed by atoms with Crippen molar-refractivity contribution >= 4 is 21.9 Å². The highest BCUT2D eigenvalue weighted by atomic mass is 16.3. The normalized spacial score (nSPS) is 19.2. The number of benzene rings is 4. The highest BCUT2D eigenvalue weighted by Gasteiger charge is 2.16. The van der Waals surface area contributed by atoms with Crippen LogP contribution >= 0.6 is 0 Å². The number of rotatable bonds is 3. The van der Waals surface area contributed by atoms with Gasteiger partial charge in [-0.15, -0.1) is 0 Å². The van der Waals surface area contributed by atoms with Crippen LogP contribution in [-0.4, -0.2) is 4.98 Å². The number of aromatic nitrogens is 1. The maximum atomic E-state index is 8.50. The van der Waals surface area contributed by atoms with E-state index in [9.17, 15) is 0 Å². The van der Waals surface area contributed by atoms with Gasteiger partial charge in [-0.1, -0.05) is 60.2 Å². The third kappa shape index (κ3) is 3.94. The standard InChI is InChI=1S/C35H31NO/c1-20-10-12-26(22(3)14-20)30-16-24(5)31(17-23(30)4)32-18-33(36-19-25(32)6)29-9-7-8-28-27-13-11-21(2)15-34(27)37-35(28)29/h7-19H,1-6H3/i2D3,3D3,4D3,5D3,6D3. The molecule has 0 N–H and O–H groups in total. The minimum Gasteiger partial charge on any atom is -0.455 e. The van der Waals surface area contributed by atoms with Crippen LogP contribution in [0.5, 0.6) is 0 Å². The van der Waals surface area contributed by atoms with Gasteiger partial charge in [0.25, 0.3) is 0 Å². The highest BCUT2D eigenvalue weighted by molar-refractivity contribution is 6.09. The van der Waals surface area contributed by atoms with Gasteiger partial charge in [0.05, 0.1) is 5.69 Å². The van der Waals surface area contributed by atoms with E-state index in [2.05, 4.69) is 4.98 Å². The maximum Gasteiger partial charge on any atom is 0.144 e. The fourth-order valence-electron chi connectivity index (χ4n) is 4.76. The van der Waals surface area contributed by atoms with Gasteiger partial charge in [-0.05, 0) is 109 Å². The molecule has 2 heterocycles. The number of para-hydroxylation sites is 1. The molecule has 0 amide bonds. The van der Waals surface area contributed by atoms with Crippen LogP contribution < -0.4 is 0 Å². The van der Waals surface area contributed by atoms with Crippen LogP contribution in [0.2, 0.25) is 0 Å². The summed E-state index contributed by atoms with van der Waals surface area (Å²) in [5.41, 5.74) is 0.119. The van der Waals surface area contributed by atoms with E-state index in [0.29, 0.717) is 33.1 Å². The summed E-state index contributed by atoms with van der Waals surface area (Å²) in [7, 11) is 0. The van der Waals surface area contributed by atoms with Gasteiger partial charge in [0.2, 0.25) is 0 Å². The van der Waals surface area contributed by atoms with E-state index in [4.69, 9.17) is 25.0 Å². The monoisotopic (exact) mass is 496 g/mol. The first kappa shape index (κ1) is 11.9. The summed E-state index contributed by atoms with van der Waals surface area (Å²) in [6.07, 6.45) is 1.09. The Hall–Kier alpha value is -4.17. The number of nitrogens with zero attached hydrogens (tertiary/aromatic N) is 1. The molecular weight excluding hydrogens is 450 g/mol. The smallest absolute Gasteiger partial charge is 0.144 e. The average molecular weight is 497 g/mol. The van der Waals surface area contributed by atoms with Crippen LogP contribution in [0.4, 0.5) is 0 Å². The summed E-state index contributed by atoms with van der Waals surface area (Å²) in [6.45, 7) is -12.0. The Morgan fingerprint density at radius 1 is 0.595 bits per heavy atom. The second-order valence-corrected chi connectivity index (χ2v) is 9.10. The number of furan rings is 1. The number of hydrogen-bond donors (Lipinski definition) is 0. The van der Waals surface area contributed by atoms with E-state index in [1.54, 1.807) is 37.3 Å². The Balaban J connectivity index is 1.68. The first-order chi connectivity index (χ1) is 23.9. The van der Waals surface area contributed by atoms with Crippen molar-refractivity contribution in [2.75, 3.05) is 0 Å². The van der Waals surface area contributed by atoms with Crippen molar-refractivity contribution in [2.45, 2.75) is 41.2 Å². The molecule has 2 heteroatoms. The van der Waals surface area contributed by atoms with Crippen LogP contribution in [-0.2, 0) is 0 Å². The van der Waals surface area contributed by atoms with Gasteiger partial charge < -0.3 is 4.42 Å². The van der Waals surface area contributed by atoms with Crippen LogP contribution in [0.3, 0.4) is 0 Å². The van der Waals surface area contributed by atoms with E-state index in [0.717, 1.165) is 18.3 Å². The molecule has 0 radical (unpaired) electrons. The fraction of sp³-hybridized carbons (Fsp3) is 0.171. The van der Waals surface area contributed by atoms with E-state index in [-0.39, 0.29) is 50.2 Å². The van der Waals surface area contributed by atoms with E-state index >= 15 is 0 Å². The highest BCUT2D eigenvalue weighted by Crippen LogP contribution is 2.39. The first-order valence-electron chi connectivity index (χ1n) is 19.1. The molecular formula is C35H31NO. The second-order valence-electron chi connectivity index (χ2n) is 9.10. The van der Waals surface area contributed by atoms with Crippen LogP contribution in [0.1, 0.15) is 53.9 Å². The molecule has 0 saturated heterocycles. The summed E-state index contributed by atoms with van der Waals surface area (Å²) < 4.78 is 130. The van der Waals surface area contributed by atoms with Gasteiger partial charge in [0.15, 0.2) is 0 Å². The van der Waals surface area contributed by atoms with Crippen molar-refractivity contribution in [1.29, 1.82) is 0 Å². The van der Waals surface area contributed by atoms with Gasteiger partial charge >= 0.3 is 0 Å². The lowest BCUT2D eigenvalue weighted by Crippen LogP contribution is -1.95. The molecule has 0 saturated carbocycles. The molecule has 4 aromatic carbocycles. The minimum atomic E-state index is -2.92. The Kier molecular flexibility index (Phi) is 2.82.